The third kappa shape index (κ3) is 3.90. The molecule has 1 heterocycles. The molecule has 1 aliphatic heterocycles. The first-order valence-corrected chi connectivity index (χ1v) is 8.76. The number of carbonyl (C=O) groups is 2. The zero-order valence-corrected chi connectivity index (χ0v) is 14.8. The zero-order valence-electron chi connectivity index (χ0n) is 14.8. The van der Waals surface area contributed by atoms with E-state index >= 15 is 0 Å². The van der Waals surface area contributed by atoms with Crippen molar-refractivity contribution in [1.82, 2.24) is 10.2 Å². The number of Topliss-reactive ketones (excluding diaryl/α,β-unsaturated/α-hetero) is 1. The molecule has 1 unspecified atom stereocenters. The number of nitrogens with one attached hydrogen (secondary N) is 1. The average Bonchev–Trinajstić information content (AvgIpc) is 3.12. The maximum atomic E-state index is 13.0. The van der Waals surface area contributed by atoms with E-state index in [-0.39, 0.29) is 17.9 Å². The van der Waals surface area contributed by atoms with Crippen LogP contribution >= 0.6 is 0 Å². The molecule has 3 rings (SSSR count). The summed E-state index contributed by atoms with van der Waals surface area (Å²) >= 11 is 0. The van der Waals surface area contributed by atoms with Gasteiger partial charge < -0.3 is 10.2 Å². The first kappa shape index (κ1) is 17.2. The summed E-state index contributed by atoms with van der Waals surface area (Å²) in [5.41, 5.74) is 3.80. The predicted molar refractivity (Wildman–Crippen MR) is 98.7 cm³/mol. The molecule has 1 aliphatic rings. The minimum absolute atomic E-state index is 0.0496. The molecule has 0 aromatic heterocycles. The van der Waals surface area contributed by atoms with Crippen molar-refractivity contribution in [2.45, 2.75) is 39.3 Å². The van der Waals surface area contributed by atoms with E-state index in [9.17, 15) is 9.59 Å². The minimum atomic E-state index is -0.365. The normalized spacial score (nSPS) is 16.7. The summed E-state index contributed by atoms with van der Waals surface area (Å²) in [6.45, 7) is 5.03. The number of urea groups is 1. The third-order valence-corrected chi connectivity index (χ3v) is 4.76. The van der Waals surface area contributed by atoms with Crippen LogP contribution in [0.1, 0.15) is 39.9 Å². The molecule has 4 heteroatoms. The monoisotopic (exact) mass is 336 g/mol. The van der Waals surface area contributed by atoms with Gasteiger partial charge >= 0.3 is 6.03 Å². The Labute approximate surface area is 148 Å². The molecule has 25 heavy (non-hydrogen) atoms. The van der Waals surface area contributed by atoms with E-state index in [2.05, 4.69) is 5.32 Å². The maximum Gasteiger partial charge on any atom is 0.318 e. The molecule has 1 atom stereocenters. The van der Waals surface area contributed by atoms with Crippen LogP contribution in [0.2, 0.25) is 0 Å². The quantitative estimate of drug-likeness (QED) is 0.862. The van der Waals surface area contributed by atoms with Crippen molar-refractivity contribution in [3.63, 3.8) is 0 Å². The highest BCUT2D eigenvalue weighted by atomic mass is 16.2. The molecule has 4 nitrogen and oxygen atoms in total. The second-order valence-electron chi connectivity index (χ2n) is 6.68. The number of ketones is 1. The number of aryl methyl sites for hydroxylation is 2. The third-order valence-electron chi connectivity index (χ3n) is 4.76. The Morgan fingerprint density at radius 1 is 1.12 bits per heavy atom. The fourth-order valence-electron chi connectivity index (χ4n) is 3.34. The van der Waals surface area contributed by atoms with E-state index in [1.54, 1.807) is 4.90 Å². The Kier molecular flexibility index (Phi) is 5.17. The fraction of sp³-hybridized carbons (Fsp3) is 0.333. The van der Waals surface area contributed by atoms with Crippen molar-refractivity contribution in [3.8, 4) is 0 Å². The van der Waals surface area contributed by atoms with E-state index in [0.717, 1.165) is 35.1 Å². The number of amides is 2. The standard InChI is InChI=1S/C21H24N2O2/c1-15-10-11-16(2)18(13-15)20(24)19-9-6-12-23(19)21(25)22-14-17-7-4-3-5-8-17/h3-5,7-8,10-11,13,19H,6,9,12,14H2,1-2H3,(H,22,25). The number of nitrogens with zero attached hydrogens (tertiary/aromatic N) is 1. The van der Waals surface area contributed by atoms with Crippen LogP contribution in [-0.4, -0.2) is 29.3 Å². The summed E-state index contributed by atoms with van der Waals surface area (Å²) in [5.74, 6) is 0.0496. The average molecular weight is 336 g/mol. The molecule has 0 spiro atoms. The van der Waals surface area contributed by atoms with Crippen LogP contribution in [-0.2, 0) is 6.54 Å². The van der Waals surface area contributed by atoms with Crippen molar-refractivity contribution in [1.29, 1.82) is 0 Å². The number of likely N-dealkylation sites (tertiary alicyclic amines) is 1. The van der Waals surface area contributed by atoms with Crippen LogP contribution < -0.4 is 5.32 Å². The van der Waals surface area contributed by atoms with Gasteiger partial charge in [0, 0.05) is 18.7 Å². The highest BCUT2D eigenvalue weighted by molar-refractivity contribution is 6.03. The van der Waals surface area contributed by atoms with Gasteiger partial charge in [0.15, 0.2) is 5.78 Å². The van der Waals surface area contributed by atoms with Gasteiger partial charge in [-0.3, -0.25) is 4.79 Å². The van der Waals surface area contributed by atoms with Crippen LogP contribution in [0.5, 0.6) is 0 Å². The summed E-state index contributed by atoms with van der Waals surface area (Å²) in [4.78, 5) is 27.3. The van der Waals surface area contributed by atoms with Crippen molar-refractivity contribution in [2.24, 2.45) is 0 Å². The van der Waals surface area contributed by atoms with Crippen molar-refractivity contribution in [3.05, 3.63) is 70.8 Å². The van der Waals surface area contributed by atoms with Gasteiger partial charge in [-0.25, -0.2) is 4.79 Å². The molecule has 0 bridgehead atoms. The van der Waals surface area contributed by atoms with Crippen molar-refractivity contribution < 1.29 is 9.59 Å². The molecule has 2 aromatic carbocycles. The van der Waals surface area contributed by atoms with Gasteiger partial charge in [-0.05, 0) is 43.9 Å². The number of hydrogen-bond donors (Lipinski definition) is 1. The fourth-order valence-corrected chi connectivity index (χ4v) is 3.34. The molecule has 0 saturated carbocycles. The van der Waals surface area contributed by atoms with Crippen LogP contribution in [0.15, 0.2) is 48.5 Å². The molecular formula is C21H24N2O2. The first-order chi connectivity index (χ1) is 12.1. The second kappa shape index (κ2) is 7.51. The van der Waals surface area contributed by atoms with Crippen molar-refractivity contribution >= 4 is 11.8 Å². The molecule has 130 valence electrons. The Morgan fingerprint density at radius 3 is 2.64 bits per heavy atom. The SMILES string of the molecule is Cc1ccc(C)c(C(=O)C2CCCN2C(=O)NCc2ccccc2)c1. The van der Waals surface area contributed by atoms with Crippen LogP contribution in [0.4, 0.5) is 4.79 Å². The molecule has 2 amide bonds. The molecule has 0 aliphatic carbocycles. The lowest BCUT2D eigenvalue weighted by atomic mass is 9.96. The predicted octanol–water partition coefficient (Wildman–Crippen LogP) is 3.86. The lowest BCUT2D eigenvalue weighted by molar-refractivity contribution is 0.0886. The molecule has 1 saturated heterocycles. The Morgan fingerprint density at radius 2 is 1.88 bits per heavy atom. The number of hydrogen-bond acceptors (Lipinski definition) is 2. The van der Waals surface area contributed by atoms with E-state index in [4.69, 9.17) is 0 Å². The highest BCUT2D eigenvalue weighted by Gasteiger charge is 2.34. The van der Waals surface area contributed by atoms with E-state index in [0.29, 0.717) is 13.1 Å². The minimum Gasteiger partial charge on any atom is -0.334 e. The molecule has 2 aromatic rings. The van der Waals surface area contributed by atoms with Gasteiger partial charge in [0.2, 0.25) is 0 Å². The lowest BCUT2D eigenvalue weighted by Crippen LogP contribution is -2.45. The number of benzene rings is 2. The van der Waals surface area contributed by atoms with Crippen LogP contribution in [0.3, 0.4) is 0 Å². The lowest BCUT2D eigenvalue weighted by Gasteiger charge is -2.24. The Bertz CT molecular complexity index is 771. The van der Waals surface area contributed by atoms with Gasteiger partial charge in [-0.1, -0.05) is 48.0 Å². The molecule has 1 N–H and O–H groups in total. The zero-order chi connectivity index (χ0) is 17.8. The Hall–Kier alpha value is -2.62. The van der Waals surface area contributed by atoms with E-state index in [1.807, 2.05) is 62.4 Å². The van der Waals surface area contributed by atoms with Crippen molar-refractivity contribution in [2.75, 3.05) is 6.54 Å². The summed E-state index contributed by atoms with van der Waals surface area (Å²) in [7, 11) is 0. The Balaban J connectivity index is 1.70. The molecule has 1 fully saturated rings. The van der Waals surface area contributed by atoms with Gasteiger partial charge in [0.1, 0.15) is 0 Å². The second-order valence-corrected chi connectivity index (χ2v) is 6.68. The first-order valence-electron chi connectivity index (χ1n) is 8.76. The maximum absolute atomic E-state index is 13.0. The van der Waals surface area contributed by atoms with Gasteiger partial charge in [-0.15, -0.1) is 0 Å². The summed E-state index contributed by atoms with van der Waals surface area (Å²) in [5, 5.41) is 2.94. The van der Waals surface area contributed by atoms with E-state index in [1.165, 1.54) is 0 Å². The van der Waals surface area contributed by atoms with Gasteiger partial charge in [0.05, 0.1) is 6.04 Å². The topological polar surface area (TPSA) is 49.4 Å². The van der Waals surface area contributed by atoms with E-state index < -0.39 is 0 Å². The van der Waals surface area contributed by atoms with Gasteiger partial charge in [0.25, 0.3) is 0 Å². The molecular weight excluding hydrogens is 312 g/mol. The number of rotatable bonds is 4. The summed E-state index contributed by atoms with van der Waals surface area (Å²) in [6, 6.07) is 15.2. The smallest absolute Gasteiger partial charge is 0.318 e. The van der Waals surface area contributed by atoms with Crippen LogP contribution in [0, 0.1) is 13.8 Å². The summed E-state index contributed by atoms with van der Waals surface area (Å²) in [6.07, 6.45) is 1.59. The summed E-state index contributed by atoms with van der Waals surface area (Å²) < 4.78 is 0. The largest absolute Gasteiger partial charge is 0.334 e. The van der Waals surface area contributed by atoms with Crippen LogP contribution in [0.25, 0.3) is 0 Å². The van der Waals surface area contributed by atoms with Gasteiger partial charge in [-0.2, -0.15) is 0 Å². The molecule has 0 radical (unpaired) electrons. The number of carbonyl (C=O) groups excluding carboxylic acids is 2. The highest BCUT2D eigenvalue weighted by Crippen LogP contribution is 2.23.